The third kappa shape index (κ3) is 8.06. The lowest BCUT2D eigenvalue weighted by Gasteiger charge is -2.33. The van der Waals surface area contributed by atoms with Crippen molar-refractivity contribution in [1.29, 1.82) is 0 Å². The summed E-state index contributed by atoms with van der Waals surface area (Å²) in [5.41, 5.74) is 10.8. The molecule has 2 heterocycles. The second-order valence-corrected chi connectivity index (χ2v) is 18.8. The first-order chi connectivity index (χ1) is 19.6. The van der Waals surface area contributed by atoms with E-state index >= 15 is 4.39 Å². The molecule has 4 rings (SSSR count). The van der Waals surface area contributed by atoms with Gasteiger partial charge < -0.3 is 15.8 Å². The van der Waals surface area contributed by atoms with E-state index in [1.54, 1.807) is 12.1 Å². The molecule has 2 saturated carbocycles. The van der Waals surface area contributed by atoms with Crippen molar-refractivity contribution >= 4 is 19.8 Å². The van der Waals surface area contributed by atoms with E-state index in [9.17, 15) is 4.79 Å². The van der Waals surface area contributed by atoms with Crippen LogP contribution < -0.4 is 11.1 Å². The lowest BCUT2D eigenvalue weighted by Crippen LogP contribution is -2.29. The number of nitrogens with one attached hydrogen (secondary N) is 1. The number of aromatic nitrogens is 3. The Kier molecular flexibility index (Phi) is 10.8. The van der Waals surface area contributed by atoms with Crippen LogP contribution in [0.5, 0.6) is 0 Å². The molecule has 9 heteroatoms. The number of hydrogen-bond donors (Lipinski definition) is 2. The zero-order chi connectivity index (χ0) is 29.6. The number of nitrogens with zero attached hydrogens (tertiary/aromatic N) is 3. The second-order valence-electron chi connectivity index (χ2n) is 13.1. The molecule has 3 N–H and O–H groups in total. The molecule has 0 bridgehead atoms. The van der Waals surface area contributed by atoms with Crippen LogP contribution in [0.3, 0.4) is 0 Å². The molecular formula is C32H50FN5O2Si. The average molecular weight is 584 g/mol. The average Bonchev–Trinajstić information content (AvgIpc) is 3.26. The molecule has 0 saturated heterocycles. The lowest BCUT2D eigenvalue weighted by atomic mass is 9.73. The van der Waals surface area contributed by atoms with E-state index in [1.165, 1.54) is 38.5 Å². The summed E-state index contributed by atoms with van der Waals surface area (Å²) < 4.78 is 23.3. The molecular weight excluding hydrogens is 533 g/mol. The predicted octanol–water partition coefficient (Wildman–Crippen LogP) is 7.58. The number of pyridine rings is 1. The number of carbonyl (C=O) groups excluding carboxylic acids is 1. The number of ether oxygens (including phenoxy) is 1. The van der Waals surface area contributed by atoms with Gasteiger partial charge in [0.2, 0.25) is 5.95 Å². The minimum Gasteiger partial charge on any atom is -0.394 e. The molecule has 7 nitrogen and oxygen atoms in total. The van der Waals surface area contributed by atoms with E-state index < -0.39 is 14.0 Å². The SMILES string of the molecule is CCc1c(-c2ccc(NC(=O)C(N)=C(C3CCCCC3)C3CCCCC3)nc2F)c(C)nn1COCC[Si](C)(C)C. The van der Waals surface area contributed by atoms with E-state index in [-0.39, 0.29) is 11.7 Å². The molecule has 0 spiro atoms. The molecule has 2 aliphatic rings. The fraction of sp³-hybridized carbons (Fsp3) is 0.656. The Morgan fingerprint density at radius 1 is 1.07 bits per heavy atom. The number of hydrogen-bond acceptors (Lipinski definition) is 5. The van der Waals surface area contributed by atoms with Gasteiger partial charge in [0, 0.05) is 31.5 Å². The van der Waals surface area contributed by atoms with E-state index in [0.29, 0.717) is 42.9 Å². The fourth-order valence-corrected chi connectivity index (χ4v) is 7.34. The van der Waals surface area contributed by atoms with Crippen LogP contribution in [0.15, 0.2) is 23.4 Å². The molecule has 0 radical (unpaired) electrons. The van der Waals surface area contributed by atoms with Gasteiger partial charge in [0.1, 0.15) is 12.5 Å². The Bertz CT molecular complexity index is 1200. The van der Waals surface area contributed by atoms with Gasteiger partial charge >= 0.3 is 0 Å². The summed E-state index contributed by atoms with van der Waals surface area (Å²) in [5.74, 6) is -0.0948. The molecule has 2 aromatic rings. The Hall–Kier alpha value is -2.52. The Balaban J connectivity index is 1.52. The van der Waals surface area contributed by atoms with Crippen molar-refractivity contribution in [3.05, 3.63) is 40.7 Å². The summed E-state index contributed by atoms with van der Waals surface area (Å²) in [6.45, 7) is 11.9. The quantitative estimate of drug-likeness (QED) is 0.123. The summed E-state index contributed by atoms with van der Waals surface area (Å²) in [5, 5.41) is 7.46. The van der Waals surface area contributed by atoms with Crippen LogP contribution >= 0.6 is 0 Å². The van der Waals surface area contributed by atoms with Gasteiger partial charge in [-0.25, -0.2) is 9.67 Å². The van der Waals surface area contributed by atoms with Crippen molar-refractivity contribution in [2.45, 2.75) is 117 Å². The molecule has 226 valence electrons. The van der Waals surface area contributed by atoms with Crippen LogP contribution in [0.25, 0.3) is 11.1 Å². The summed E-state index contributed by atoms with van der Waals surface area (Å²) in [7, 11) is -1.19. The maximum atomic E-state index is 15.5. The van der Waals surface area contributed by atoms with Gasteiger partial charge in [0.15, 0.2) is 0 Å². The summed E-state index contributed by atoms with van der Waals surface area (Å²) >= 11 is 0. The molecule has 1 amide bonds. The van der Waals surface area contributed by atoms with E-state index in [0.717, 1.165) is 54.3 Å². The maximum Gasteiger partial charge on any atom is 0.272 e. The molecule has 2 aliphatic carbocycles. The van der Waals surface area contributed by atoms with Gasteiger partial charge in [-0.2, -0.15) is 9.49 Å². The zero-order valence-corrected chi connectivity index (χ0v) is 26.8. The number of allylic oxidation sites excluding steroid dienone is 1. The standard InChI is InChI=1S/C32H50FN5O2Si/c1-6-26-28(22(2)37-38(26)21-40-19-20-41(3,4)5)25-17-18-27(35-31(25)33)36-32(39)30(34)29(23-13-9-7-10-14-23)24-15-11-8-12-16-24/h17-18,23-24H,6-16,19-21,34H2,1-5H3,(H,35,36,39). The van der Waals surface area contributed by atoms with Gasteiger partial charge in [-0.3, -0.25) is 4.79 Å². The number of amides is 1. The van der Waals surface area contributed by atoms with Crippen LogP contribution in [0, 0.1) is 24.7 Å². The molecule has 2 aromatic heterocycles. The topological polar surface area (TPSA) is 95.1 Å². The van der Waals surface area contributed by atoms with Crippen molar-refractivity contribution in [2.75, 3.05) is 11.9 Å². The minimum absolute atomic E-state index is 0.170. The van der Waals surface area contributed by atoms with Gasteiger partial charge in [-0.05, 0) is 74.6 Å². The smallest absolute Gasteiger partial charge is 0.272 e. The third-order valence-corrected chi connectivity index (χ3v) is 10.5. The van der Waals surface area contributed by atoms with E-state index in [1.807, 2.05) is 18.5 Å². The molecule has 0 aliphatic heterocycles. The fourth-order valence-electron chi connectivity index (χ4n) is 6.58. The number of carbonyl (C=O) groups is 1. The van der Waals surface area contributed by atoms with Gasteiger partial charge in [0.25, 0.3) is 5.91 Å². The first-order valence-corrected chi connectivity index (χ1v) is 19.4. The van der Waals surface area contributed by atoms with Crippen LogP contribution in [0.4, 0.5) is 10.2 Å². The van der Waals surface area contributed by atoms with Gasteiger partial charge in [-0.1, -0.05) is 65.1 Å². The summed E-state index contributed by atoms with van der Waals surface area (Å²) in [6, 6.07) is 4.42. The Morgan fingerprint density at radius 3 is 2.22 bits per heavy atom. The van der Waals surface area contributed by atoms with Crippen molar-refractivity contribution in [3.8, 4) is 11.1 Å². The van der Waals surface area contributed by atoms with Crippen LogP contribution in [-0.2, 0) is 22.7 Å². The highest BCUT2D eigenvalue weighted by Gasteiger charge is 2.30. The van der Waals surface area contributed by atoms with E-state index in [2.05, 4.69) is 35.0 Å². The second kappa shape index (κ2) is 14.1. The highest BCUT2D eigenvalue weighted by Crippen LogP contribution is 2.40. The molecule has 2 fully saturated rings. The zero-order valence-electron chi connectivity index (χ0n) is 25.8. The monoisotopic (exact) mass is 583 g/mol. The Morgan fingerprint density at radius 2 is 1.68 bits per heavy atom. The summed E-state index contributed by atoms with van der Waals surface area (Å²) in [6.07, 6.45) is 12.3. The number of rotatable bonds is 11. The highest BCUT2D eigenvalue weighted by atomic mass is 28.3. The van der Waals surface area contributed by atoms with Gasteiger partial charge in [-0.15, -0.1) is 0 Å². The lowest BCUT2D eigenvalue weighted by molar-refractivity contribution is -0.113. The van der Waals surface area contributed by atoms with Crippen molar-refractivity contribution in [2.24, 2.45) is 17.6 Å². The van der Waals surface area contributed by atoms with Gasteiger partial charge in [0.05, 0.1) is 11.4 Å². The van der Waals surface area contributed by atoms with Crippen LogP contribution in [0.1, 0.15) is 82.5 Å². The molecule has 0 aromatic carbocycles. The maximum absolute atomic E-state index is 15.5. The number of halogens is 1. The molecule has 41 heavy (non-hydrogen) atoms. The third-order valence-electron chi connectivity index (χ3n) is 8.78. The first kappa shape index (κ1) is 31.4. The number of nitrogens with two attached hydrogens (primary N) is 1. The van der Waals surface area contributed by atoms with Crippen molar-refractivity contribution < 1.29 is 13.9 Å². The van der Waals surface area contributed by atoms with Crippen LogP contribution in [-0.4, -0.2) is 35.4 Å². The number of aryl methyl sites for hydroxylation is 1. The molecule has 0 unspecified atom stereocenters. The van der Waals surface area contributed by atoms with Crippen molar-refractivity contribution in [3.63, 3.8) is 0 Å². The largest absolute Gasteiger partial charge is 0.394 e. The predicted molar refractivity (Wildman–Crippen MR) is 167 cm³/mol. The normalized spacial score (nSPS) is 17.0. The Labute approximate surface area is 246 Å². The first-order valence-electron chi connectivity index (χ1n) is 15.7. The van der Waals surface area contributed by atoms with E-state index in [4.69, 9.17) is 10.5 Å². The minimum atomic E-state index is -1.19. The van der Waals surface area contributed by atoms with Crippen LogP contribution in [0.2, 0.25) is 25.7 Å². The summed E-state index contributed by atoms with van der Waals surface area (Å²) in [4.78, 5) is 17.5. The molecule has 0 atom stereocenters. The number of anilines is 1. The highest BCUT2D eigenvalue weighted by molar-refractivity contribution is 6.76. The van der Waals surface area contributed by atoms with Crippen molar-refractivity contribution in [1.82, 2.24) is 14.8 Å².